The van der Waals surface area contributed by atoms with Crippen molar-refractivity contribution >= 4 is 46.5 Å². The minimum Gasteiger partial charge on any atom is -0.460 e. The number of halogens is 3. The molecule has 1 aromatic rings. The summed E-state index contributed by atoms with van der Waals surface area (Å²) < 4.78 is 5.19. The fourth-order valence-corrected chi connectivity index (χ4v) is 1.96. The lowest BCUT2D eigenvalue weighted by molar-refractivity contribution is -0.154. The first kappa shape index (κ1) is 16.4. The molecule has 19 heavy (non-hydrogen) atoms. The molecule has 0 saturated heterocycles. The largest absolute Gasteiger partial charge is 0.460 e. The van der Waals surface area contributed by atoms with Crippen LogP contribution in [0, 0.1) is 0 Å². The molecule has 0 aliphatic rings. The molecule has 1 aromatic carbocycles. The van der Waals surface area contributed by atoms with Gasteiger partial charge in [-0.05, 0) is 32.9 Å². The van der Waals surface area contributed by atoms with Crippen LogP contribution in [0.1, 0.15) is 27.2 Å². The predicted octanol–water partition coefficient (Wildman–Crippen LogP) is 4.79. The second kappa shape index (κ2) is 6.69. The zero-order chi connectivity index (χ0) is 14.6. The van der Waals surface area contributed by atoms with Crippen molar-refractivity contribution in [3.8, 4) is 0 Å². The van der Waals surface area contributed by atoms with E-state index in [1.165, 1.54) is 0 Å². The van der Waals surface area contributed by atoms with E-state index in [2.05, 4.69) is 5.32 Å². The molecule has 3 nitrogen and oxygen atoms in total. The normalized spacial score (nSPS) is 11.3. The van der Waals surface area contributed by atoms with E-state index in [4.69, 9.17) is 39.5 Å². The van der Waals surface area contributed by atoms with Crippen LogP contribution in [0.15, 0.2) is 12.1 Å². The maximum atomic E-state index is 11.5. The molecule has 0 aromatic heterocycles. The number of anilines is 1. The Morgan fingerprint density at radius 3 is 2.32 bits per heavy atom. The van der Waals surface area contributed by atoms with Crippen LogP contribution in [0.4, 0.5) is 5.69 Å². The highest BCUT2D eigenvalue weighted by Gasteiger charge is 2.15. The second-order valence-electron chi connectivity index (χ2n) is 5.01. The fourth-order valence-electron chi connectivity index (χ4n) is 1.35. The Hall–Kier alpha value is -0.640. The third kappa shape index (κ3) is 5.89. The van der Waals surface area contributed by atoms with Crippen molar-refractivity contribution in [1.82, 2.24) is 0 Å². The van der Waals surface area contributed by atoms with Crippen molar-refractivity contribution in [2.75, 3.05) is 11.9 Å². The standard InChI is InChI=1S/C13H16Cl3NO2/c1-13(2,3)19-12(18)4-5-17-11-7-9(15)8(14)6-10(11)16/h6-7,17H,4-5H2,1-3H3. The molecule has 0 aliphatic carbocycles. The van der Waals surface area contributed by atoms with Crippen LogP contribution in [-0.4, -0.2) is 18.1 Å². The summed E-state index contributed by atoms with van der Waals surface area (Å²) in [6.45, 7) is 5.89. The quantitative estimate of drug-likeness (QED) is 0.639. The molecular weight excluding hydrogens is 309 g/mol. The third-order valence-electron chi connectivity index (χ3n) is 2.07. The topological polar surface area (TPSA) is 38.3 Å². The molecule has 0 heterocycles. The first-order chi connectivity index (χ1) is 8.69. The van der Waals surface area contributed by atoms with Gasteiger partial charge in [0.2, 0.25) is 0 Å². The van der Waals surface area contributed by atoms with Gasteiger partial charge in [0.25, 0.3) is 0 Å². The van der Waals surface area contributed by atoms with Gasteiger partial charge in [0.05, 0.1) is 27.2 Å². The SMILES string of the molecule is CC(C)(C)OC(=O)CCNc1cc(Cl)c(Cl)cc1Cl. The zero-order valence-electron chi connectivity index (χ0n) is 11.0. The Kier molecular flexibility index (Phi) is 5.78. The summed E-state index contributed by atoms with van der Waals surface area (Å²) in [5.41, 5.74) is 0.165. The number of carbonyl (C=O) groups is 1. The van der Waals surface area contributed by atoms with Gasteiger partial charge in [-0.2, -0.15) is 0 Å². The lowest BCUT2D eigenvalue weighted by atomic mass is 10.2. The maximum Gasteiger partial charge on any atom is 0.308 e. The minimum absolute atomic E-state index is 0.244. The lowest BCUT2D eigenvalue weighted by Crippen LogP contribution is -2.25. The van der Waals surface area contributed by atoms with Gasteiger partial charge in [0, 0.05) is 6.54 Å². The second-order valence-corrected chi connectivity index (χ2v) is 6.23. The van der Waals surface area contributed by atoms with E-state index in [0.29, 0.717) is 27.3 Å². The highest BCUT2D eigenvalue weighted by molar-refractivity contribution is 6.44. The number of nitrogens with one attached hydrogen (secondary N) is 1. The van der Waals surface area contributed by atoms with Gasteiger partial charge >= 0.3 is 5.97 Å². The average Bonchev–Trinajstić information content (AvgIpc) is 2.22. The Labute approximate surface area is 128 Å². The molecule has 0 radical (unpaired) electrons. The van der Waals surface area contributed by atoms with Crippen LogP contribution in [-0.2, 0) is 9.53 Å². The van der Waals surface area contributed by atoms with Crippen LogP contribution >= 0.6 is 34.8 Å². The van der Waals surface area contributed by atoms with Crippen LogP contribution in [0.3, 0.4) is 0 Å². The molecule has 106 valence electrons. The molecular formula is C13H16Cl3NO2. The summed E-state index contributed by atoms with van der Waals surface area (Å²) in [6.07, 6.45) is 0.244. The molecule has 0 unspecified atom stereocenters. The highest BCUT2D eigenvalue weighted by Crippen LogP contribution is 2.32. The number of hydrogen-bond acceptors (Lipinski definition) is 3. The predicted molar refractivity (Wildman–Crippen MR) is 80.4 cm³/mol. The Balaban J connectivity index is 2.50. The van der Waals surface area contributed by atoms with Crippen LogP contribution in [0.2, 0.25) is 15.1 Å². The Bertz CT molecular complexity index is 470. The first-order valence-corrected chi connectivity index (χ1v) is 6.93. The third-order valence-corrected chi connectivity index (χ3v) is 3.11. The van der Waals surface area contributed by atoms with E-state index in [1.54, 1.807) is 12.1 Å². The van der Waals surface area contributed by atoms with E-state index in [1.807, 2.05) is 20.8 Å². The molecule has 1 N–H and O–H groups in total. The van der Waals surface area contributed by atoms with Gasteiger partial charge in [-0.25, -0.2) is 0 Å². The van der Waals surface area contributed by atoms with E-state index in [-0.39, 0.29) is 12.4 Å². The molecule has 0 saturated carbocycles. The molecule has 0 amide bonds. The zero-order valence-corrected chi connectivity index (χ0v) is 13.3. The van der Waals surface area contributed by atoms with Crippen LogP contribution < -0.4 is 5.32 Å². The van der Waals surface area contributed by atoms with Gasteiger partial charge in [-0.15, -0.1) is 0 Å². The summed E-state index contributed by atoms with van der Waals surface area (Å²) >= 11 is 17.7. The molecule has 0 spiro atoms. The van der Waals surface area contributed by atoms with Crippen LogP contribution in [0.5, 0.6) is 0 Å². The molecule has 0 aliphatic heterocycles. The summed E-state index contributed by atoms with van der Waals surface area (Å²) in [4.78, 5) is 11.5. The molecule has 6 heteroatoms. The number of esters is 1. The Morgan fingerprint density at radius 1 is 1.16 bits per heavy atom. The van der Waals surface area contributed by atoms with Crippen molar-refractivity contribution in [2.45, 2.75) is 32.8 Å². The highest BCUT2D eigenvalue weighted by atomic mass is 35.5. The summed E-state index contributed by atoms with van der Waals surface area (Å²) in [5, 5.41) is 4.28. The first-order valence-electron chi connectivity index (χ1n) is 5.79. The van der Waals surface area contributed by atoms with Gasteiger partial charge in [0.1, 0.15) is 5.60 Å². The van der Waals surface area contributed by atoms with Crippen molar-refractivity contribution in [3.63, 3.8) is 0 Å². The molecule has 0 fully saturated rings. The number of benzene rings is 1. The molecule has 0 atom stereocenters. The van der Waals surface area contributed by atoms with Gasteiger partial charge in [-0.3, -0.25) is 4.79 Å². The summed E-state index contributed by atoms with van der Waals surface area (Å²) in [5.74, 6) is -0.267. The molecule has 0 bridgehead atoms. The van der Waals surface area contributed by atoms with Crippen molar-refractivity contribution in [1.29, 1.82) is 0 Å². The number of ether oxygens (including phenoxy) is 1. The van der Waals surface area contributed by atoms with Gasteiger partial charge < -0.3 is 10.1 Å². The summed E-state index contributed by atoms with van der Waals surface area (Å²) in [6, 6.07) is 3.18. The van der Waals surface area contributed by atoms with E-state index in [9.17, 15) is 4.79 Å². The average molecular weight is 325 g/mol. The monoisotopic (exact) mass is 323 g/mol. The van der Waals surface area contributed by atoms with E-state index >= 15 is 0 Å². The van der Waals surface area contributed by atoms with E-state index < -0.39 is 5.60 Å². The number of carbonyl (C=O) groups excluding carboxylic acids is 1. The van der Waals surface area contributed by atoms with Crippen molar-refractivity contribution < 1.29 is 9.53 Å². The van der Waals surface area contributed by atoms with Crippen molar-refractivity contribution in [2.24, 2.45) is 0 Å². The number of hydrogen-bond donors (Lipinski definition) is 1. The Morgan fingerprint density at radius 2 is 1.74 bits per heavy atom. The number of rotatable bonds is 4. The van der Waals surface area contributed by atoms with Gasteiger partial charge in [0.15, 0.2) is 0 Å². The van der Waals surface area contributed by atoms with Crippen molar-refractivity contribution in [3.05, 3.63) is 27.2 Å². The lowest BCUT2D eigenvalue weighted by Gasteiger charge is -2.19. The van der Waals surface area contributed by atoms with Crippen LogP contribution in [0.25, 0.3) is 0 Å². The van der Waals surface area contributed by atoms with Gasteiger partial charge in [-0.1, -0.05) is 34.8 Å². The fraction of sp³-hybridized carbons (Fsp3) is 0.462. The summed E-state index contributed by atoms with van der Waals surface area (Å²) in [7, 11) is 0. The van der Waals surface area contributed by atoms with E-state index in [0.717, 1.165) is 0 Å². The maximum absolute atomic E-state index is 11.5. The molecule has 1 rings (SSSR count). The minimum atomic E-state index is -0.474. The smallest absolute Gasteiger partial charge is 0.308 e.